The lowest BCUT2D eigenvalue weighted by molar-refractivity contribution is -0.119. The van der Waals surface area contributed by atoms with E-state index < -0.39 is 18.5 Å². The van der Waals surface area contributed by atoms with Crippen molar-refractivity contribution in [2.75, 3.05) is 32.2 Å². The molecule has 8 heteroatoms. The second-order valence-corrected chi connectivity index (χ2v) is 6.75. The summed E-state index contributed by atoms with van der Waals surface area (Å²) in [6.07, 6.45) is 2.16. The zero-order valence-electron chi connectivity index (χ0n) is 16.7. The number of carbonyl (C=O) groups is 3. The molecule has 1 saturated heterocycles. The van der Waals surface area contributed by atoms with Crippen LogP contribution in [0.1, 0.15) is 33.6 Å². The molecule has 30 heavy (non-hydrogen) atoms. The lowest BCUT2D eigenvalue weighted by Crippen LogP contribution is -2.21. The Morgan fingerprint density at radius 1 is 1.03 bits per heavy atom. The molecule has 3 rings (SSSR count). The molecule has 0 saturated carbocycles. The first-order chi connectivity index (χ1) is 14.5. The van der Waals surface area contributed by atoms with Crippen LogP contribution in [0.2, 0.25) is 0 Å². The Hall–Kier alpha value is -3.39. The molecule has 2 amide bonds. The van der Waals surface area contributed by atoms with Gasteiger partial charge in [-0.1, -0.05) is 0 Å². The molecule has 158 valence electrons. The Morgan fingerprint density at radius 3 is 2.37 bits per heavy atom. The lowest BCUT2D eigenvalue weighted by Gasteiger charge is -2.11. The molecular weight excluding hydrogens is 388 g/mol. The quantitative estimate of drug-likeness (QED) is 0.646. The molecule has 1 aliphatic rings. The summed E-state index contributed by atoms with van der Waals surface area (Å²) in [6, 6.07) is 12.9. The van der Waals surface area contributed by atoms with E-state index in [0.29, 0.717) is 29.2 Å². The number of esters is 1. The molecule has 1 heterocycles. The summed E-state index contributed by atoms with van der Waals surface area (Å²) in [5.74, 6) is -0.663. The fourth-order valence-corrected chi connectivity index (χ4v) is 2.91. The van der Waals surface area contributed by atoms with Gasteiger partial charge in [0.2, 0.25) is 0 Å². The van der Waals surface area contributed by atoms with Gasteiger partial charge in [-0.2, -0.15) is 0 Å². The van der Waals surface area contributed by atoms with Crippen LogP contribution in [-0.2, 0) is 14.3 Å². The topological polar surface area (TPSA) is 103 Å². The highest BCUT2D eigenvalue weighted by atomic mass is 16.5. The lowest BCUT2D eigenvalue weighted by atomic mass is 10.2. The fourth-order valence-electron chi connectivity index (χ4n) is 2.91. The third-order valence-electron chi connectivity index (χ3n) is 4.54. The van der Waals surface area contributed by atoms with E-state index in [0.717, 1.165) is 19.4 Å². The number of hydrogen-bond acceptors (Lipinski definition) is 6. The summed E-state index contributed by atoms with van der Waals surface area (Å²) < 4.78 is 16.2. The summed E-state index contributed by atoms with van der Waals surface area (Å²) in [4.78, 5) is 35.6. The van der Waals surface area contributed by atoms with E-state index in [1.807, 2.05) is 0 Å². The molecule has 8 nitrogen and oxygen atoms in total. The first-order valence-electron chi connectivity index (χ1n) is 9.69. The Balaban J connectivity index is 1.42. The number of anilines is 1. The Kier molecular flexibility index (Phi) is 7.40. The second kappa shape index (κ2) is 10.4. The highest BCUT2D eigenvalue weighted by Gasteiger charge is 2.16. The molecule has 0 unspecified atom stereocenters. The number of nitrogens with one attached hydrogen (secondary N) is 2. The van der Waals surface area contributed by atoms with Crippen molar-refractivity contribution in [3.8, 4) is 5.75 Å². The number of rotatable bonds is 8. The predicted molar refractivity (Wildman–Crippen MR) is 110 cm³/mol. The first kappa shape index (κ1) is 21.3. The Morgan fingerprint density at radius 2 is 1.73 bits per heavy atom. The van der Waals surface area contributed by atoms with Gasteiger partial charge in [0.05, 0.1) is 11.7 Å². The molecule has 0 aliphatic carbocycles. The van der Waals surface area contributed by atoms with Crippen molar-refractivity contribution < 1.29 is 28.6 Å². The van der Waals surface area contributed by atoms with E-state index in [1.54, 1.807) is 55.6 Å². The number of amides is 2. The normalized spacial score (nSPS) is 15.3. The standard InChI is InChI=1S/C22H24N2O6/c1-23-21(26)15-4-8-17(9-5-15)24-20(25)14-30-22(27)16-6-10-18(11-7-16)29-13-19-3-2-12-28-19/h4-11,19H,2-3,12-14H2,1H3,(H,23,26)(H,24,25)/t19-/m1/s1. The SMILES string of the molecule is CNC(=O)c1ccc(NC(=O)COC(=O)c2ccc(OC[C@H]3CCCO3)cc2)cc1. The average Bonchev–Trinajstić information content (AvgIpc) is 3.30. The van der Waals surface area contributed by atoms with Gasteiger partial charge in [-0.15, -0.1) is 0 Å². The third kappa shape index (κ3) is 6.05. The van der Waals surface area contributed by atoms with Crippen LogP contribution in [0.4, 0.5) is 5.69 Å². The van der Waals surface area contributed by atoms with Crippen molar-refractivity contribution in [2.24, 2.45) is 0 Å². The molecule has 1 aliphatic heterocycles. The minimum atomic E-state index is -0.606. The van der Waals surface area contributed by atoms with E-state index in [1.165, 1.54) is 0 Å². The van der Waals surface area contributed by atoms with Gasteiger partial charge in [-0.25, -0.2) is 4.79 Å². The second-order valence-electron chi connectivity index (χ2n) is 6.75. The van der Waals surface area contributed by atoms with Crippen LogP contribution in [0.25, 0.3) is 0 Å². The molecule has 0 spiro atoms. The Bertz CT molecular complexity index is 874. The number of ether oxygens (including phenoxy) is 3. The zero-order valence-corrected chi connectivity index (χ0v) is 16.7. The van der Waals surface area contributed by atoms with Gasteiger partial charge in [0.15, 0.2) is 6.61 Å². The molecule has 1 atom stereocenters. The van der Waals surface area contributed by atoms with E-state index in [2.05, 4.69) is 10.6 Å². The maximum atomic E-state index is 12.1. The molecule has 2 aromatic rings. The van der Waals surface area contributed by atoms with Gasteiger partial charge in [-0.3, -0.25) is 9.59 Å². The van der Waals surface area contributed by atoms with Crippen LogP contribution in [0.5, 0.6) is 5.75 Å². The molecule has 2 aromatic carbocycles. The number of carbonyl (C=O) groups excluding carboxylic acids is 3. The van der Waals surface area contributed by atoms with Crippen molar-refractivity contribution in [1.82, 2.24) is 5.32 Å². The largest absolute Gasteiger partial charge is 0.491 e. The molecule has 0 radical (unpaired) electrons. The molecule has 0 bridgehead atoms. The monoisotopic (exact) mass is 412 g/mol. The smallest absolute Gasteiger partial charge is 0.338 e. The van der Waals surface area contributed by atoms with Crippen molar-refractivity contribution in [1.29, 1.82) is 0 Å². The zero-order chi connectivity index (χ0) is 21.3. The van der Waals surface area contributed by atoms with Gasteiger partial charge in [0.25, 0.3) is 11.8 Å². The van der Waals surface area contributed by atoms with Crippen LogP contribution < -0.4 is 15.4 Å². The summed E-state index contributed by atoms with van der Waals surface area (Å²) in [5.41, 5.74) is 1.30. The van der Waals surface area contributed by atoms with Crippen molar-refractivity contribution in [2.45, 2.75) is 18.9 Å². The summed E-state index contributed by atoms with van der Waals surface area (Å²) >= 11 is 0. The van der Waals surface area contributed by atoms with Crippen molar-refractivity contribution in [3.63, 3.8) is 0 Å². The van der Waals surface area contributed by atoms with Crippen LogP contribution in [0, 0.1) is 0 Å². The van der Waals surface area contributed by atoms with Gasteiger partial charge in [0.1, 0.15) is 12.4 Å². The summed E-state index contributed by atoms with van der Waals surface area (Å²) in [5, 5.41) is 5.12. The van der Waals surface area contributed by atoms with Crippen LogP contribution in [-0.4, -0.2) is 50.8 Å². The van der Waals surface area contributed by atoms with E-state index in [-0.39, 0.29) is 12.0 Å². The van der Waals surface area contributed by atoms with Crippen molar-refractivity contribution >= 4 is 23.5 Å². The van der Waals surface area contributed by atoms with Crippen LogP contribution >= 0.6 is 0 Å². The fraction of sp³-hybridized carbons (Fsp3) is 0.318. The van der Waals surface area contributed by atoms with E-state index in [9.17, 15) is 14.4 Å². The molecular formula is C22H24N2O6. The molecule has 1 fully saturated rings. The minimum absolute atomic E-state index is 0.119. The van der Waals surface area contributed by atoms with Gasteiger partial charge >= 0.3 is 5.97 Å². The van der Waals surface area contributed by atoms with Crippen LogP contribution in [0.3, 0.4) is 0 Å². The number of benzene rings is 2. The first-order valence-corrected chi connectivity index (χ1v) is 9.69. The highest BCUT2D eigenvalue weighted by Crippen LogP contribution is 2.17. The predicted octanol–water partition coefficient (Wildman–Crippen LogP) is 2.40. The van der Waals surface area contributed by atoms with E-state index >= 15 is 0 Å². The molecule has 2 N–H and O–H groups in total. The van der Waals surface area contributed by atoms with Gasteiger partial charge in [0, 0.05) is 24.9 Å². The van der Waals surface area contributed by atoms with Gasteiger partial charge < -0.3 is 24.8 Å². The van der Waals surface area contributed by atoms with Crippen LogP contribution in [0.15, 0.2) is 48.5 Å². The van der Waals surface area contributed by atoms with Gasteiger partial charge in [-0.05, 0) is 61.4 Å². The average molecular weight is 412 g/mol. The van der Waals surface area contributed by atoms with E-state index in [4.69, 9.17) is 14.2 Å². The third-order valence-corrected chi connectivity index (χ3v) is 4.54. The Labute approximate surface area is 174 Å². The number of hydrogen-bond donors (Lipinski definition) is 2. The molecule has 0 aromatic heterocycles. The highest BCUT2D eigenvalue weighted by molar-refractivity contribution is 5.97. The summed E-state index contributed by atoms with van der Waals surface area (Å²) in [6.45, 7) is 0.828. The maximum Gasteiger partial charge on any atom is 0.338 e. The summed E-state index contributed by atoms with van der Waals surface area (Å²) in [7, 11) is 1.54. The minimum Gasteiger partial charge on any atom is -0.491 e. The maximum absolute atomic E-state index is 12.1. The van der Waals surface area contributed by atoms with Crippen molar-refractivity contribution in [3.05, 3.63) is 59.7 Å².